The Bertz CT molecular complexity index is 1140. The highest BCUT2D eigenvalue weighted by Gasteiger charge is 2.44. The van der Waals surface area contributed by atoms with Gasteiger partial charge < -0.3 is 14.8 Å². The number of hydrogen-bond acceptors (Lipinski definition) is 2. The van der Waals surface area contributed by atoms with Gasteiger partial charge in [-0.3, -0.25) is 4.98 Å². The lowest BCUT2D eigenvalue weighted by atomic mass is 9.95. The van der Waals surface area contributed by atoms with Crippen molar-refractivity contribution in [3.8, 4) is 5.69 Å². The van der Waals surface area contributed by atoms with Crippen molar-refractivity contribution in [2.24, 2.45) is 0 Å². The lowest BCUT2D eigenvalue weighted by Gasteiger charge is -2.33. The zero-order valence-electron chi connectivity index (χ0n) is 19.4. The van der Waals surface area contributed by atoms with Crippen LogP contribution in [0.5, 0.6) is 0 Å². The molecule has 1 aliphatic heterocycles. The van der Waals surface area contributed by atoms with Crippen LogP contribution in [0.3, 0.4) is 0 Å². The Morgan fingerprint density at radius 2 is 1.78 bits per heavy atom. The number of nitrogens with zero attached hydrogens (tertiary/aromatic N) is 3. The molecule has 1 N–H and O–H groups in total. The van der Waals surface area contributed by atoms with E-state index in [1.807, 2.05) is 12.3 Å². The van der Waals surface area contributed by atoms with Gasteiger partial charge in [-0.25, -0.2) is 0 Å². The minimum atomic E-state index is 0.0526. The Morgan fingerprint density at radius 1 is 1.00 bits per heavy atom. The fourth-order valence-corrected chi connectivity index (χ4v) is 6.08. The van der Waals surface area contributed by atoms with Crippen LogP contribution in [0.4, 0.5) is 0 Å². The number of nitrogens with one attached hydrogen (secondary N) is 1. The van der Waals surface area contributed by atoms with E-state index >= 15 is 0 Å². The van der Waals surface area contributed by atoms with E-state index in [-0.39, 0.29) is 12.1 Å². The fourth-order valence-electron chi connectivity index (χ4n) is 5.69. The molecular formula is C27H32N4S. The molecule has 2 aromatic heterocycles. The average Bonchev–Trinajstić information content (AvgIpc) is 3.49. The summed E-state index contributed by atoms with van der Waals surface area (Å²) in [6.45, 7) is 8.83. The molecule has 0 bridgehead atoms. The summed E-state index contributed by atoms with van der Waals surface area (Å²) < 4.78 is 2.42. The molecule has 2 atom stereocenters. The molecule has 0 radical (unpaired) electrons. The smallest absolute Gasteiger partial charge is 0.170 e. The van der Waals surface area contributed by atoms with Crippen LogP contribution in [0.2, 0.25) is 0 Å². The van der Waals surface area contributed by atoms with Gasteiger partial charge in [-0.1, -0.05) is 31.0 Å². The van der Waals surface area contributed by atoms with Gasteiger partial charge in [-0.15, -0.1) is 0 Å². The van der Waals surface area contributed by atoms with Gasteiger partial charge in [0.15, 0.2) is 5.11 Å². The molecule has 1 saturated heterocycles. The lowest BCUT2D eigenvalue weighted by molar-refractivity contribution is 0.245. The predicted molar refractivity (Wildman–Crippen MR) is 134 cm³/mol. The SMILES string of the molecule is Cc1ccc(C)c(-n2c(C)cc([C@H]3[C@@H](c4ccccn4)NC(=S)N3C3CCCC3)c2C)c1. The van der Waals surface area contributed by atoms with E-state index in [1.165, 1.54) is 59.4 Å². The van der Waals surface area contributed by atoms with Gasteiger partial charge in [0.2, 0.25) is 0 Å². The highest BCUT2D eigenvalue weighted by Crippen LogP contribution is 2.44. The summed E-state index contributed by atoms with van der Waals surface area (Å²) in [4.78, 5) is 7.22. The highest BCUT2D eigenvalue weighted by atomic mass is 32.1. The molecule has 2 fully saturated rings. The van der Waals surface area contributed by atoms with Gasteiger partial charge in [-0.05, 0) is 93.7 Å². The summed E-state index contributed by atoms with van der Waals surface area (Å²) >= 11 is 5.93. The zero-order valence-corrected chi connectivity index (χ0v) is 20.2. The number of pyridine rings is 1. The maximum atomic E-state index is 5.93. The Kier molecular flexibility index (Phi) is 5.54. The number of aromatic nitrogens is 2. The minimum absolute atomic E-state index is 0.0526. The third kappa shape index (κ3) is 3.53. The Labute approximate surface area is 196 Å². The molecule has 3 aromatic rings. The van der Waals surface area contributed by atoms with Crippen LogP contribution in [-0.4, -0.2) is 25.6 Å². The number of benzene rings is 1. The largest absolute Gasteiger partial charge is 0.352 e. The first-order chi connectivity index (χ1) is 15.5. The molecule has 0 amide bonds. The molecule has 3 heterocycles. The number of aryl methyl sites for hydroxylation is 3. The van der Waals surface area contributed by atoms with Gasteiger partial charge in [-0.2, -0.15) is 0 Å². The second-order valence-electron chi connectivity index (χ2n) is 9.42. The predicted octanol–water partition coefficient (Wildman–Crippen LogP) is 6.02. The first-order valence-corrected chi connectivity index (χ1v) is 12.1. The van der Waals surface area contributed by atoms with E-state index in [0.29, 0.717) is 6.04 Å². The van der Waals surface area contributed by atoms with Crippen LogP contribution in [0.25, 0.3) is 5.69 Å². The summed E-state index contributed by atoms with van der Waals surface area (Å²) in [5.41, 5.74) is 8.78. The third-order valence-electron chi connectivity index (χ3n) is 7.25. The van der Waals surface area contributed by atoms with Gasteiger partial charge in [0.25, 0.3) is 0 Å². The van der Waals surface area contributed by atoms with Crippen molar-refractivity contribution < 1.29 is 0 Å². The van der Waals surface area contributed by atoms with Crippen molar-refractivity contribution >= 4 is 17.3 Å². The van der Waals surface area contributed by atoms with Crippen LogP contribution in [-0.2, 0) is 0 Å². The molecule has 2 aliphatic rings. The normalized spacial score (nSPS) is 21.4. The monoisotopic (exact) mass is 444 g/mol. The summed E-state index contributed by atoms with van der Waals surface area (Å²) in [6, 6.07) is 15.9. The van der Waals surface area contributed by atoms with Crippen LogP contribution in [0.15, 0.2) is 48.7 Å². The molecule has 4 nitrogen and oxygen atoms in total. The second kappa shape index (κ2) is 8.36. The van der Waals surface area contributed by atoms with E-state index in [1.54, 1.807) is 0 Å². The van der Waals surface area contributed by atoms with E-state index < -0.39 is 0 Å². The molecule has 166 valence electrons. The molecule has 32 heavy (non-hydrogen) atoms. The Morgan fingerprint density at radius 3 is 2.50 bits per heavy atom. The zero-order chi connectivity index (χ0) is 22.4. The maximum absolute atomic E-state index is 5.93. The van der Waals surface area contributed by atoms with Crippen LogP contribution >= 0.6 is 12.2 Å². The summed E-state index contributed by atoms with van der Waals surface area (Å²) in [7, 11) is 0. The minimum Gasteiger partial charge on any atom is -0.352 e. The number of hydrogen-bond donors (Lipinski definition) is 1. The van der Waals surface area contributed by atoms with E-state index in [0.717, 1.165) is 10.8 Å². The summed E-state index contributed by atoms with van der Waals surface area (Å²) in [5, 5.41) is 4.52. The van der Waals surface area contributed by atoms with Gasteiger partial charge >= 0.3 is 0 Å². The molecule has 0 spiro atoms. The van der Waals surface area contributed by atoms with E-state index in [9.17, 15) is 0 Å². The Hall–Kier alpha value is -2.66. The third-order valence-corrected chi connectivity index (χ3v) is 7.58. The standard InChI is InChI=1S/C27H32N4S/c1-17-12-13-18(2)24(15-17)30-19(3)16-22(20(30)4)26-25(23-11-7-8-14-28-23)29-27(32)31(26)21-9-5-6-10-21/h7-8,11-16,21,25-26H,5-6,9-10H2,1-4H3,(H,29,32)/t25-,26+/m1/s1. The van der Waals surface area contributed by atoms with Crippen molar-refractivity contribution in [2.45, 2.75) is 71.5 Å². The van der Waals surface area contributed by atoms with E-state index in [2.05, 4.69) is 78.9 Å². The maximum Gasteiger partial charge on any atom is 0.170 e. The van der Waals surface area contributed by atoms with Gasteiger partial charge in [0, 0.05) is 29.3 Å². The molecule has 0 unspecified atom stereocenters. The number of rotatable bonds is 4. The van der Waals surface area contributed by atoms with Gasteiger partial charge in [0.1, 0.15) is 0 Å². The molecular weight excluding hydrogens is 412 g/mol. The fraction of sp³-hybridized carbons (Fsp3) is 0.407. The highest BCUT2D eigenvalue weighted by molar-refractivity contribution is 7.80. The van der Waals surface area contributed by atoms with Crippen LogP contribution in [0, 0.1) is 27.7 Å². The van der Waals surface area contributed by atoms with Crippen molar-refractivity contribution in [3.05, 3.63) is 82.4 Å². The average molecular weight is 445 g/mol. The molecule has 5 heteroatoms. The molecule has 1 saturated carbocycles. The van der Waals surface area contributed by atoms with Crippen molar-refractivity contribution in [3.63, 3.8) is 0 Å². The summed E-state index contributed by atoms with van der Waals surface area (Å²) in [5.74, 6) is 0. The van der Waals surface area contributed by atoms with Crippen LogP contribution in [0.1, 0.15) is 71.5 Å². The first-order valence-electron chi connectivity index (χ1n) is 11.7. The number of thiocarbonyl (C=S) groups is 1. The van der Waals surface area contributed by atoms with Gasteiger partial charge in [0.05, 0.1) is 17.8 Å². The second-order valence-corrected chi connectivity index (χ2v) is 9.81. The summed E-state index contributed by atoms with van der Waals surface area (Å²) in [6.07, 6.45) is 6.87. The molecule has 1 aliphatic carbocycles. The lowest BCUT2D eigenvalue weighted by Crippen LogP contribution is -2.37. The molecule has 1 aromatic carbocycles. The molecule has 5 rings (SSSR count). The van der Waals surface area contributed by atoms with E-state index in [4.69, 9.17) is 17.2 Å². The quantitative estimate of drug-likeness (QED) is 0.499. The van der Waals surface area contributed by atoms with Crippen molar-refractivity contribution in [1.29, 1.82) is 0 Å². The Balaban J connectivity index is 1.66. The first kappa shape index (κ1) is 21.2. The topological polar surface area (TPSA) is 33.1 Å². The van der Waals surface area contributed by atoms with Crippen LogP contribution < -0.4 is 5.32 Å². The van der Waals surface area contributed by atoms with Crippen molar-refractivity contribution in [1.82, 2.24) is 19.8 Å². The van der Waals surface area contributed by atoms with Crippen molar-refractivity contribution in [2.75, 3.05) is 0 Å².